The first-order valence-electron chi connectivity index (χ1n) is 7.49. The van der Waals surface area contributed by atoms with E-state index in [-0.39, 0.29) is 12.3 Å². The van der Waals surface area contributed by atoms with Crippen LogP contribution in [0.1, 0.15) is 24.8 Å². The molecule has 1 aromatic heterocycles. The molecule has 4 nitrogen and oxygen atoms in total. The molecule has 1 unspecified atom stereocenters. The van der Waals surface area contributed by atoms with Gasteiger partial charge in [0, 0.05) is 31.1 Å². The van der Waals surface area contributed by atoms with Crippen LogP contribution in [0.4, 0.5) is 0 Å². The zero-order valence-corrected chi connectivity index (χ0v) is 12.0. The minimum Gasteiger partial charge on any atom is -0.481 e. The number of hydrogen-bond donors (Lipinski definition) is 1. The Hall–Kier alpha value is -1.94. The second-order valence-corrected chi connectivity index (χ2v) is 5.83. The van der Waals surface area contributed by atoms with Crippen LogP contribution in [0.2, 0.25) is 0 Å². The average Bonchev–Trinajstić information content (AvgIpc) is 2.47. The van der Waals surface area contributed by atoms with Crippen molar-refractivity contribution in [3.8, 4) is 0 Å². The number of carbonyl (C=O) groups is 1. The van der Waals surface area contributed by atoms with Crippen LogP contribution in [0.3, 0.4) is 0 Å². The number of pyridine rings is 1. The van der Waals surface area contributed by atoms with Crippen molar-refractivity contribution in [1.82, 2.24) is 9.88 Å². The third-order valence-corrected chi connectivity index (χ3v) is 4.20. The van der Waals surface area contributed by atoms with E-state index in [0.717, 1.165) is 38.0 Å². The van der Waals surface area contributed by atoms with Gasteiger partial charge in [0.25, 0.3) is 0 Å². The highest BCUT2D eigenvalue weighted by atomic mass is 16.4. The Morgan fingerprint density at radius 1 is 1.33 bits per heavy atom. The van der Waals surface area contributed by atoms with E-state index in [4.69, 9.17) is 5.11 Å². The molecule has 0 amide bonds. The highest BCUT2D eigenvalue weighted by molar-refractivity contribution is 5.81. The molecule has 2 aromatic rings. The number of nitrogens with zero attached hydrogens (tertiary/aromatic N) is 2. The first-order valence-corrected chi connectivity index (χ1v) is 7.49. The van der Waals surface area contributed by atoms with E-state index in [1.165, 1.54) is 10.9 Å². The van der Waals surface area contributed by atoms with Crippen LogP contribution in [0.5, 0.6) is 0 Å². The van der Waals surface area contributed by atoms with Gasteiger partial charge in [-0.2, -0.15) is 0 Å². The van der Waals surface area contributed by atoms with Crippen molar-refractivity contribution in [3.63, 3.8) is 0 Å². The van der Waals surface area contributed by atoms with Gasteiger partial charge in [-0.15, -0.1) is 0 Å². The van der Waals surface area contributed by atoms with Crippen molar-refractivity contribution in [1.29, 1.82) is 0 Å². The molecule has 2 heterocycles. The molecule has 1 N–H and O–H groups in total. The molecule has 1 aliphatic rings. The maximum absolute atomic E-state index is 10.9. The number of aliphatic carboxylic acids is 1. The smallest absolute Gasteiger partial charge is 0.303 e. The van der Waals surface area contributed by atoms with Crippen LogP contribution in [-0.2, 0) is 11.3 Å². The maximum Gasteiger partial charge on any atom is 0.303 e. The summed E-state index contributed by atoms with van der Waals surface area (Å²) in [5, 5.41) is 10.2. The lowest BCUT2D eigenvalue weighted by molar-refractivity contribution is -0.138. The number of carboxylic acid groups (broad SMARTS) is 1. The van der Waals surface area contributed by atoms with Gasteiger partial charge in [0.05, 0.1) is 5.52 Å². The summed E-state index contributed by atoms with van der Waals surface area (Å²) < 4.78 is 0. The van der Waals surface area contributed by atoms with Gasteiger partial charge < -0.3 is 5.11 Å². The standard InChI is InChI=1S/C17H20N2O2/c20-17(21)10-13-4-3-9-19(11-13)12-14-7-8-18-16-6-2-1-5-15(14)16/h1-2,5-8,13H,3-4,9-12H2,(H,20,21). The molecule has 1 aliphatic heterocycles. The number of piperidine rings is 1. The molecule has 0 bridgehead atoms. The van der Waals surface area contributed by atoms with Gasteiger partial charge in [-0.05, 0) is 43.0 Å². The molecule has 0 saturated carbocycles. The summed E-state index contributed by atoms with van der Waals surface area (Å²) in [5.41, 5.74) is 2.30. The summed E-state index contributed by atoms with van der Waals surface area (Å²) >= 11 is 0. The first kappa shape index (κ1) is 14.0. The number of para-hydroxylation sites is 1. The van der Waals surface area contributed by atoms with Crippen LogP contribution < -0.4 is 0 Å². The number of likely N-dealkylation sites (tertiary alicyclic amines) is 1. The molecule has 0 aliphatic carbocycles. The van der Waals surface area contributed by atoms with Gasteiger partial charge in [-0.25, -0.2) is 0 Å². The average molecular weight is 284 g/mol. The van der Waals surface area contributed by atoms with Gasteiger partial charge in [0.2, 0.25) is 0 Å². The van der Waals surface area contributed by atoms with Crippen LogP contribution in [0.25, 0.3) is 10.9 Å². The van der Waals surface area contributed by atoms with E-state index in [1.807, 2.05) is 24.4 Å². The lowest BCUT2D eigenvalue weighted by Gasteiger charge is -2.32. The fourth-order valence-electron chi connectivity index (χ4n) is 3.24. The zero-order valence-electron chi connectivity index (χ0n) is 12.0. The lowest BCUT2D eigenvalue weighted by Crippen LogP contribution is -2.35. The molecular formula is C17H20N2O2. The Labute approximate surface area is 124 Å². The number of fused-ring (bicyclic) bond motifs is 1. The van der Waals surface area contributed by atoms with Gasteiger partial charge >= 0.3 is 5.97 Å². The highest BCUT2D eigenvalue weighted by Gasteiger charge is 2.22. The molecule has 4 heteroatoms. The number of rotatable bonds is 4. The minimum absolute atomic E-state index is 0.282. The summed E-state index contributed by atoms with van der Waals surface area (Å²) in [5.74, 6) is -0.402. The molecule has 0 spiro atoms. The topological polar surface area (TPSA) is 53.4 Å². The first-order chi connectivity index (χ1) is 10.2. The van der Waals surface area contributed by atoms with Gasteiger partial charge in [0.1, 0.15) is 0 Å². The maximum atomic E-state index is 10.9. The lowest BCUT2D eigenvalue weighted by atomic mass is 9.94. The molecule has 3 rings (SSSR count). The van der Waals surface area contributed by atoms with Gasteiger partial charge in [0.15, 0.2) is 0 Å². The Morgan fingerprint density at radius 2 is 2.19 bits per heavy atom. The van der Waals surface area contributed by atoms with Gasteiger partial charge in [-0.1, -0.05) is 18.2 Å². The van der Waals surface area contributed by atoms with E-state index >= 15 is 0 Å². The van der Waals surface area contributed by atoms with Crippen molar-refractivity contribution < 1.29 is 9.90 Å². The Bertz CT molecular complexity index is 636. The van der Waals surface area contributed by atoms with Crippen molar-refractivity contribution in [2.45, 2.75) is 25.8 Å². The van der Waals surface area contributed by atoms with E-state index in [0.29, 0.717) is 0 Å². The summed E-state index contributed by atoms with van der Waals surface area (Å²) in [7, 11) is 0. The zero-order chi connectivity index (χ0) is 14.7. The Balaban J connectivity index is 1.74. The van der Waals surface area contributed by atoms with Crippen LogP contribution in [0, 0.1) is 5.92 Å². The van der Waals surface area contributed by atoms with Crippen molar-refractivity contribution in [2.75, 3.05) is 13.1 Å². The summed E-state index contributed by atoms with van der Waals surface area (Å²) in [6.45, 7) is 2.80. The summed E-state index contributed by atoms with van der Waals surface area (Å²) in [6.07, 6.45) is 4.25. The molecular weight excluding hydrogens is 264 g/mol. The quantitative estimate of drug-likeness (QED) is 0.938. The number of hydrogen-bond acceptors (Lipinski definition) is 3. The van der Waals surface area contributed by atoms with E-state index < -0.39 is 5.97 Å². The van der Waals surface area contributed by atoms with Crippen LogP contribution in [0.15, 0.2) is 36.5 Å². The molecule has 1 fully saturated rings. The van der Waals surface area contributed by atoms with E-state index in [1.54, 1.807) is 0 Å². The minimum atomic E-state index is -0.684. The van der Waals surface area contributed by atoms with Gasteiger partial charge in [-0.3, -0.25) is 14.7 Å². The summed E-state index contributed by atoms with van der Waals surface area (Å²) in [4.78, 5) is 17.6. The van der Waals surface area contributed by atoms with E-state index in [9.17, 15) is 4.79 Å². The number of carboxylic acids is 1. The second kappa shape index (κ2) is 6.22. The van der Waals surface area contributed by atoms with E-state index in [2.05, 4.69) is 22.0 Å². The predicted molar refractivity (Wildman–Crippen MR) is 82.0 cm³/mol. The third-order valence-electron chi connectivity index (χ3n) is 4.20. The Kier molecular flexibility index (Phi) is 4.15. The SMILES string of the molecule is O=C(O)CC1CCCN(Cc2ccnc3ccccc23)C1. The normalized spacial score (nSPS) is 19.7. The largest absolute Gasteiger partial charge is 0.481 e. The van der Waals surface area contributed by atoms with Crippen molar-refractivity contribution in [3.05, 3.63) is 42.1 Å². The molecule has 1 aromatic carbocycles. The van der Waals surface area contributed by atoms with Crippen LogP contribution >= 0.6 is 0 Å². The fourth-order valence-corrected chi connectivity index (χ4v) is 3.24. The number of benzene rings is 1. The fraction of sp³-hybridized carbons (Fsp3) is 0.412. The molecule has 110 valence electrons. The predicted octanol–water partition coefficient (Wildman–Crippen LogP) is 2.92. The van der Waals surface area contributed by atoms with Crippen molar-refractivity contribution >= 4 is 16.9 Å². The molecule has 1 saturated heterocycles. The monoisotopic (exact) mass is 284 g/mol. The molecule has 1 atom stereocenters. The molecule has 0 radical (unpaired) electrons. The highest BCUT2D eigenvalue weighted by Crippen LogP contribution is 2.23. The third kappa shape index (κ3) is 3.39. The molecule has 21 heavy (non-hydrogen) atoms. The second-order valence-electron chi connectivity index (χ2n) is 5.83. The summed E-state index contributed by atoms with van der Waals surface area (Å²) in [6, 6.07) is 10.3. The van der Waals surface area contributed by atoms with Crippen molar-refractivity contribution in [2.24, 2.45) is 5.92 Å². The number of aromatic nitrogens is 1. The Morgan fingerprint density at radius 3 is 3.05 bits per heavy atom. The van der Waals surface area contributed by atoms with Crippen LogP contribution in [-0.4, -0.2) is 34.0 Å².